The van der Waals surface area contributed by atoms with Crippen molar-refractivity contribution in [1.82, 2.24) is 4.68 Å². The van der Waals surface area contributed by atoms with Crippen LogP contribution in [0.4, 0.5) is 11.4 Å². The van der Waals surface area contributed by atoms with Crippen molar-refractivity contribution in [2.24, 2.45) is 0 Å². The van der Waals surface area contributed by atoms with Gasteiger partial charge in [-0.2, -0.15) is 0 Å². The zero-order chi connectivity index (χ0) is 25.3. The number of fused-ring (bicyclic) bond motifs is 1. The first kappa shape index (κ1) is 24.0. The van der Waals surface area contributed by atoms with Gasteiger partial charge in [-0.25, -0.2) is 4.68 Å². The molecule has 0 aliphatic rings. The number of anilines is 2. The molecule has 7 nitrogen and oxygen atoms in total. The highest BCUT2D eigenvalue weighted by Gasteiger charge is 2.21. The molecule has 3 N–H and O–H groups in total. The summed E-state index contributed by atoms with van der Waals surface area (Å²) in [5, 5.41) is 6.59. The Kier molecular flexibility index (Phi) is 6.62. The van der Waals surface area contributed by atoms with E-state index >= 15 is 0 Å². The summed E-state index contributed by atoms with van der Waals surface area (Å²) in [5.41, 5.74) is 8.28. The number of aromatic nitrogens is 1. The molecular formula is C27H25ClN4O3. The standard InChI is InChI=1S/C27H25ClN4O3/c1-15-7-16(2)10-21(9-15)29-25(33)24-14-19-13-20(28)5-6-23(19)32(24)31-27(35)26(34)30-22-11-17(3)8-18(4)12-22/h5-14H,1-4H3,(H,29,33)(H,30,34)(H,31,35). The van der Waals surface area contributed by atoms with Gasteiger partial charge in [0.15, 0.2) is 0 Å². The van der Waals surface area contributed by atoms with Gasteiger partial charge in [0.1, 0.15) is 5.69 Å². The molecule has 0 fully saturated rings. The third-order valence-corrected chi connectivity index (χ3v) is 5.61. The minimum Gasteiger partial charge on any atom is -0.321 e. The van der Waals surface area contributed by atoms with E-state index in [9.17, 15) is 14.4 Å². The van der Waals surface area contributed by atoms with Gasteiger partial charge in [-0.15, -0.1) is 0 Å². The monoisotopic (exact) mass is 488 g/mol. The average Bonchev–Trinajstić information content (AvgIpc) is 3.09. The van der Waals surface area contributed by atoms with E-state index in [1.54, 1.807) is 36.4 Å². The maximum atomic E-state index is 13.2. The van der Waals surface area contributed by atoms with Crippen molar-refractivity contribution in [3.8, 4) is 0 Å². The number of benzene rings is 3. The van der Waals surface area contributed by atoms with Crippen LogP contribution in [0.25, 0.3) is 10.9 Å². The quantitative estimate of drug-likeness (QED) is 0.332. The van der Waals surface area contributed by atoms with Crippen molar-refractivity contribution in [3.05, 3.63) is 93.6 Å². The van der Waals surface area contributed by atoms with E-state index < -0.39 is 17.7 Å². The first-order valence-corrected chi connectivity index (χ1v) is 11.4. The van der Waals surface area contributed by atoms with Crippen LogP contribution in [0.3, 0.4) is 0 Å². The Morgan fingerprint density at radius 1 is 0.686 bits per heavy atom. The molecule has 1 heterocycles. The second-order valence-corrected chi connectivity index (χ2v) is 9.11. The topological polar surface area (TPSA) is 92.2 Å². The number of nitrogens with zero attached hydrogens (tertiary/aromatic N) is 1. The molecule has 3 aromatic carbocycles. The molecule has 0 aliphatic carbocycles. The Hall–Kier alpha value is -4.10. The van der Waals surface area contributed by atoms with Crippen molar-refractivity contribution < 1.29 is 14.4 Å². The largest absolute Gasteiger partial charge is 0.328 e. The van der Waals surface area contributed by atoms with Crippen molar-refractivity contribution in [2.45, 2.75) is 27.7 Å². The number of amides is 3. The number of nitrogens with one attached hydrogen (secondary N) is 3. The SMILES string of the molecule is Cc1cc(C)cc(NC(=O)C(=O)Nn2c(C(=O)Nc3cc(C)cc(C)c3)cc3cc(Cl)ccc32)c1. The van der Waals surface area contributed by atoms with Crippen LogP contribution in [0.15, 0.2) is 60.7 Å². The number of aryl methyl sites for hydroxylation is 4. The molecule has 4 rings (SSSR count). The summed E-state index contributed by atoms with van der Waals surface area (Å²) in [6, 6.07) is 17.8. The van der Waals surface area contributed by atoms with E-state index in [1.807, 2.05) is 52.0 Å². The molecule has 0 saturated heterocycles. The Bertz CT molecular complexity index is 1450. The molecule has 35 heavy (non-hydrogen) atoms. The predicted octanol–water partition coefficient (Wildman–Crippen LogP) is 5.49. The molecule has 178 valence electrons. The van der Waals surface area contributed by atoms with Gasteiger partial charge in [-0.1, -0.05) is 23.7 Å². The third kappa shape index (κ3) is 5.53. The van der Waals surface area contributed by atoms with Crippen LogP contribution in [0.5, 0.6) is 0 Å². The minimum absolute atomic E-state index is 0.147. The first-order valence-electron chi connectivity index (χ1n) is 11.0. The molecular weight excluding hydrogens is 464 g/mol. The normalized spacial score (nSPS) is 10.8. The van der Waals surface area contributed by atoms with Crippen LogP contribution in [-0.4, -0.2) is 22.4 Å². The van der Waals surface area contributed by atoms with Crippen molar-refractivity contribution in [3.63, 3.8) is 0 Å². The van der Waals surface area contributed by atoms with Gasteiger partial charge in [-0.05, 0) is 98.5 Å². The summed E-state index contributed by atoms with van der Waals surface area (Å²) < 4.78 is 1.30. The molecule has 0 radical (unpaired) electrons. The average molecular weight is 489 g/mol. The summed E-state index contributed by atoms with van der Waals surface area (Å²) in [7, 11) is 0. The molecule has 4 aromatic rings. The number of hydrogen-bond donors (Lipinski definition) is 3. The predicted molar refractivity (Wildman–Crippen MR) is 140 cm³/mol. The molecule has 0 unspecified atom stereocenters. The summed E-state index contributed by atoms with van der Waals surface area (Å²) in [4.78, 5) is 38.7. The fraction of sp³-hybridized carbons (Fsp3) is 0.148. The zero-order valence-corrected chi connectivity index (χ0v) is 20.6. The minimum atomic E-state index is -0.919. The molecule has 3 amide bonds. The second kappa shape index (κ2) is 9.64. The van der Waals surface area contributed by atoms with Crippen LogP contribution in [0.2, 0.25) is 5.02 Å². The lowest BCUT2D eigenvalue weighted by Crippen LogP contribution is -2.36. The van der Waals surface area contributed by atoms with Gasteiger partial charge in [0.25, 0.3) is 5.91 Å². The van der Waals surface area contributed by atoms with Crippen LogP contribution in [0, 0.1) is 27.7 Å². The summed E-state index contributed by atoms with van der Waals surface area (Å²) in [5.74, 6) is -2.22. The Balaban J connectivity index is 1.64. The Labute approximate surface area is 208 Å². The van der Waals surface area contributed by atoms with Crippen LogP contribution < -0.4 is 16.1 Å². The summed E-state index contributed by atoms with van der Waals surface area (Å²) in [6.07, 6.45) is 0. The maximum absolute atomic E-state index is 13.2. The molecule has 0 aliphatic heterocycles. The number of hydrogen-bond acceptors (Lipinski definition) is 3. The van der Waals surface area contributed by atoms with Crippen molar-refractivity contribution in [1.29, 1.82) is 0 Å². The van der Waals surface area contributed by atoms with Gasteiger partial charge < -0.3 is 10.6 Å². The molecule has 0 saturated carbocycles. The highest BCUT2D eigenvalue weighted by Crippen LogP contribution is 2.24. The maximum Gasteiger partial charge on any atom is 0.328 e. The van der Waals surface area contributed by atoms with Gasteiger partial charge in [0.2, 0.25) is 0 Å². The van der Waals surface area contributed by atoms with Gasteiger partial charge in [0.05, 0.1) is 5.52 Å². The van der Waals surface area contributed by atoms with Gasteiger partial charge >= 0.3 is 11.8 Å². The highest BCUT2D eigenvalue weighted by atomic mass is 35.5. The van der Waals surface area contributed by atoms with Crippen molar-refractivity contribution in [2.75, 3.05) is 16.1 Å². The van der Waals surface area contributed by atoms with Gasteiger partial charge in [-0.3, -0.25) is 19.8 Å². The summed E-state index contributed by atoms with van der Waals surface area (Å²) in [6.45, 7) is 7.69. The zero-order valence-electron chi connectivity index (χ0n) is 19.8. The van der Waals surface area contributed by atoms with Crippen molar-refractivity contribution >= 4 is 51.6 Å². The van der Waals surface area contributed by atoms with Crippen LogP contribution in [0.1, 0.15) is 32.7 Å². The number of carbonyl (C=O) groups is 3. The lowest BCUT2D eigenvalue weighted by Gasteiger charge is -2.13. The molecule has 0 bridgehead atoms. The lowest BCUT2D eigenvalue weighted by atomic mass is 10.1. The van der Waals surface area contributed by atoms with E-state index in [0.717, 1.165) is 22.3 Å². The third-order valence-electron chi connectivity index (χ3n) is 5.37. The highest BCUT2D eigenvalue weighted by molar-refractivity contribution is 6.42. The number of carbonyl (C=O) groups excluding carboxylic acids is 3. The summed E-state index contributed by atoms with van der Waals surface area (Å²) >= 11 is 6.14. The fourth-order valence-corrected chi connectivity index (χ4v) is 4.28. The van der Waals surface area contributed by atoms with E-state index in [-0.39, 0.29) is 5.69 Å². The Morgan fingerprint density at radius 3 is 1.80 bits per heavy atom. The molecule has 0 atom stereocenters. The number of halogens is 1. The number of rotatable bonds is 4. The smallest absolute Gasteiger partial charge is 0.321 e. The molecule has 8 heteroatoms. The van der Waals surface area contributed by atoms with E-state index in [0.29, 0.717) is 27.3 Å². The van der Waals surface area contributed by atoms with E-state index in [1.165, 1.54) is 4.68 Å². The fourth-order valence-electron chi connectivity index (χ4n) is 4.10. The van der Waals surface area contributed by atoms with Crippen LogP contribution in [-0.2, 0) is 9.59 Å². The Morgan fingerprint density at radius 2 is 1.23 bits per heavy atom. The molecule has 1 aromatic heterocycles. The van der Waals surface area contributed by atoms with Crippen LogP contribution >= 0.6 is 11.6 Å². The molecule has 0 spiro atoms. The lowest BCUT2D eigenvalue weighted by molar-refractivity contribution is -0.133. The van der Waals surface area contributed by atoms with E-state index in [4.69, 9.17) is 11.6 Å². The van der Waals surface area contributed by atoms with E-state index in [2.05, 4.69) is 16.1 Å². The van der Waals surface area contributed by atoms with Gasteiger partial charge in [0, 0.05) is 21.8 Å². The first-order chi connectivity index (χ1) is 16.6. The second-order valence-electron chi connectivity index (χ2n) is 8.67.